The van der Waals surface area contributed by atoms with Gasteiger partial charge in [-0.1, -0.05) is 90.4 Å². The summed E-state index contributed by atoms with van der Waals surface area (Å²) < 4.78 is 4.92. The van der Waals surface area contributed by atoms with Crippen LogP contribution in [0.5, 0.6) is 0 Å². The standard InChI is InChI=1S/C22H42O5.Fr/c1-4-5-6-7-8-9-10-11-12-13-14-15-16-17-18-22(3,21(25)26)27-20(24)19(2)23;/h19,23H,4-18H2,1-3H3,(H,25,26);/q;+1/p-1. The fourth-order valence-electron chi connectivity index (χ4n) is 3.16. The number of hydrogen-bond donors (Lipinski definition) is 1. The Hall–Kier alpha value is 0.497. The zero-order chi connectivity index (χ0) is 20.5. The molecule has 0 bridgehead atoms. The molecule has 1 N–H and O–H groups in total. The summed E-state index contributed by atoms with van der Waals surface area (Å²) in [6.45, 7) is 4.84. The van der Waals surface area contributed by atoms with E-state index in [0.29, 0.717) is 6.42 Å². The Labute approximate surface area is 213 Å². The van der Waals surface area contributed by atoms with Gasteiger partial charge in [-0.2, -0.15) is 0 Å². The van der Waals surface area contributed by atoms with Gasteiger partial charge in [0.15, 0.2) is 0 Å². The van der Waals surface area contributed by atoms with Crippen molar-refractivity contribution in [2.75, 3.05) is 0 Å². The molecule has 6 heteroatoms. The number of carboxylic acid groups (broad SMARTS) is 1. The Morgan fingerprint density at radius 3 is 1.54 bits per heavy atom. The van der Waals surface area contributed by atoms with Gasteiger partial charge in [-0.3, -0.25) is 0 Å². The predicted molar refractivity (Wildman–Crippen MR) is 106 cm³/mol. The summed E-state index contributed by atoms with van der Waals surface area (Å²) in [5, 5.41) is 20.4. The number of esters is 1. The van der Waals surface area contributed by atoms with Crippen molar-refractivity contribution in [2.24, 2.45) is 0 Å². The molecule has 0 aromatic carbocycles. The quantitative estimate of drug-likeness (QED) is 0.185. The molecule has 0 aliphatic rings. The SMILES string of the molecule is CCCCCCCCCCCCCCCCC(C)(OC(=O)C(C)O)C(=O)[O-].[Fr+]. The smallest absolute Gasteiger partial charge is 0.546 e. The van der Waals surface area contributed by atoms with Crippen molar-refractivity contribution < 1.29 is 74.4 Å². The number of unbranched alkanes of at least 4 members (excludes halogenated alkanes) is 13. The van der Waals surface area contributed by atoms with Crippen molar-refractivity contribution in [1.82, 2.24) is 0 Å². The van der Waals surface area contributed by atoms with E-state index in [9.17, 15) is 19.8 Å². The van der Waals surface area contributed by atoms with Gasteiger partial charge < -0.3 is 19.7 Å². The zero-order valence-corrected chi connectivity index (χ0v) is 27.0. The Morgan fingerprint density at radius 2 is 1.21 bits per heavy atom. The number of aliphatic carboxylic acids is 1. The fourth-order valence-corrected chi connectivity index (χ4v) is 3.16. The fraction of sp³-hybridized carbons (Fsp3) is 0.909. The number of carbonyl (C=O) groups excluding carboxylic acids is 2. The third-order valence-corrected chi connectivity index (χ3v) is 5.11. The number of carboxylic acids is 1. The molecule has 2 atom stereocenters. The number of aliphatic hydroxyl groups is 1. The van der Waals surface area contributed by atoms with E-state index in [1.54, 1.807) is 0 Å². The van der Waals surface area contributed by atoms with E-state index >= 15 is 0 Å². The molecular weight excluding hydrogens is 567 g/mol. The van der Waals surface area contributed by atoms with Gasteiger partial charge in [-0.15, -0.1) is 0 Å². The van der Waals surface area contributed by atoms with Crippen LogP contribution >= 0.6 is 0 Å². The topological polar surface area (TPSA) is 86.7 Å². The summed E-state index contributed by atoms with van der Waals surface area (Å²) in [5.74, 6) is -2.33. The van der Waals surface area contributed by atoms with Crippen molar-refractivity contribution >= 4 is 11.9 Å². The second kappa shape index (κ2) is 19.5. The number of hydrogen-bond acceptors (Lipinski definition) is 5. The van der Waals surface area contributed by atoms with E-state index in [1.165, 1.54) is 78.1 Å². The molecule has 0 amide bonds. The van der Waals surface area contributed by atoms with E-state index < -0.39 is 23.6 Å². The average Bonchev–Trinajstić information content (AvgIpc) is 2.61. The molecule has 0 aromatic rings. The van der Waals surface area contributed by atoms with Gasteiger partial charge in [0.05, 0.1) is 5.97 Å². The molecule has 28 heavy (non-hydrogen) atoms. The molecule has 0 spiro atoms. The van der Waals surface area contributed by atoms with E-state index in [0.717, 1.165) is 19.3 Å². The Morgan fingerprint density at radius 1 is 0.857 bits per heavy atom. The van der Waals surface area contributed by atoms with E-state index in [2.05, 4.69) is 6.92 Å². The second-order valence-electron chi connectivity index (χ2n) is 7.96. The number of ether oxygens (including phenoxy) is 1. The van der Waals surface area contributed by atoms with Crippen LogP contribution in [0, 0.1) is 49.9 Å². The van der Waals surface area contributed by atoms with Crippen molar-refractivity contribution in [3.8, 4) is 0 Å². The van der Waals surface area contributed by atoms with Gasteiger partial charge in [0, 0.05) is 0 Å². The summed E-state index contributed by atoms with van der Waals surface area (Å²) in [4.78, 5) is 22.7. The predicted octanol–water partition coefficient (Wildman–Crippen LogP) is 4.29. The number of aliphatic hydroxyl groups excluding tert-OH is 1. The minimum Gasteiger partial charge on any atom is -0.546 e. The van der Waals surface area contributed by atoms with E-state index in [1.807, 2.05) is 0 Å². The Balaban J connectivity index is 0. The summed E-state index contributed by atoms with van der Waals surface area (Å²) in [5.41, 5.74) is -1.66. The molecule has 0 heterocycles. The first-order valence-corrected chi connectivity index (χ1v) is 11.0. The third-order valence-electron chi connectivity index (χ3n) is 5.11. The molecule has 0 saturated carbocycles. The molecule has 0 saturated heterocycles. The van der Waals surface area contributed by atoms with Crippen LogP contribution in [0.2, 0.25) is 0 Å². The molecule has 2 unspecified atom stereocenters. The van der Waals surface area contributed by atoms with Crippen LogP contribution in [0.15, 0.2) is 0 Å². The van der Waals surface area contributed by atoms with Gasteiger partial charge in [-0.25, -0.2) is 4.79 Å². The average molecular weight is 609 g/mol. The normalized spacial score (nSPS) is 14.0. The summed E-state index contributed by atoms with van der Waals surface area (Å²) in [6, 6.07) is 0. The van der Waals surface area contributed by atoms with Gasteiger partial charge in [0.2, 0.25) is 0 Å². The first-order chi connectivity index (χ1) is 12.8. The zero-order valence-electron chi connectivity index (χ0n) is 18.8. The maximum atomic E-state index is 11.4. The monoisotopic (exact) mass is 608 g/mol. The minimum absolute atomic E-state index is 0. The van der Waals surface area contributed by atoms with Gasteiger partial charge in [-0.05, 0) is 26.7 Å². The molecule has 0 aromatic heterocycles. The number of carbonyl (C=O) groups is 2. The van der Waals surface area contributed by atoms with Crippen molar-refractivity contribution in [2.45, 2.75) is 129 Å². The first-order valence-electron chi connectivity index (χ1n) is 11.0. The number of rotatable bonds is 18. The van der Waals surface area contributed by atoms with Crippen LogP contribution in [-0.2, 0) is 14.3 Å². The molecular formula is C22H41FrO5. The maximum absolute atomic E-state index is 11.4. The molecule has 0 radical (unpaired) electrons. The molecule has 0 aliphatic heterocycles. The summed E-state index contributed by atoms with van der Waals surface area (Å²) in [6.07, 6.45) is 16.0. The van der Waals surface area contributed by atoms with E-state index in [-0.39, 0.29) is 56.3 Å². The van der Waals surface area contributed by atoms with Crippen LogP contribution in [0.4, 0.5) is 0 Å². The maximum Gasteiger partial charge on any atom is 1.00 e. The summed E-state index contributed by atoms with van der Waals surface area (Å²) in [7, 11) is 0. The summed E-state index contributed by atoms with van der Waals surface area (Å²) >= 11 is 0. The Kier molecular flexibility index (Phi) is 21.3. The van der Waals surface area contributed by atoms with Gasteiger partial charge in [0.1, 0.15) is 11.7 Å². The second-order valence-corrected chi connectivity index (χ2v) is 7.96. The van der Waals surface area contributed by atoms with E-state index in [4.69, 9.17) is 4.74 Å². The minimum atomic E-state index is -1.66. The van der Waals surface area contributed by atoms with Crippen LogP contribution in [0.3, 0.4) is 0 Å². The first kappa shape index (κ1) is 30.7. The largest absolute Gasteiger partial charge is 1.00 e. The molecule has 0 rings (SSSR count). The van der Waals surface area contributed by atoms with Crippen molar-refractivity contribution in [3.05, 3.63) is 0 Å². The Bertz CT molecular complexity index is 400. The molecule has 160 valence electrons. The van der Waals surface area contributed by atoms with Crippen molar-refractivity contribution in [3.63, 3.8) is 0 Å². The van der Waals surface area contributed by atoms with Crippen LogP contribution < -0.4 is 5.11 Å². The van der Waals surface area contributed by atoms with Crippen molar-refractivity contribution in [1.29, 1.82) is 0 Å². The third kappa shape index (κ3) is 16.3. The molecule has 0 fully saturated rings. The molecule has 0 aliphatic carbocycles. The van der Waals surface area contributed by atoms with Crippen LogP contribution in [-0.4, -0.2) is 28.8 Å². The van der Waals surface area contributed by atoms with Gasteiger partial charge in [0.25, 0.3) is 0 Å². The van der Waals surface area contributed by atoms with Crippen LogP contribution in [0.25, 0.3) is 0 Å². The van der Waals surface area contributed by atoms with Gasteiger partial charge >= 0.3 is 55.8 Å². The molecule has 5 nitrogen and oxygen atoms in total. The van der Waals surface area contributed by atoms with Crippen LogP contribution in [0.1, 0.15) is 117 Å².